The van der Waals surface area contributed by atoms with Crippen molar-refractivity contribution in [2.24, 2.45) is 7.05 Å². The first-order valence-electron chi connectivity index (χ1n) is 6.25. The Balaban J connectivity index is 2.15. The molecule has 0 saturated heterocycles. The molecule has 1 heterocycles. The summed E-state index contributed by atoms with van der Waals surface area (Å²) in [4.78, 5) is 0. The van der Waals surface area contributed by atoms with Crippen molar-refractivity contribution in [2.45, 2.75) is 13.5 Å². The Bertz CT molecular complexity index is 681. The Labute approximate surface area is 107 Å². The van der Waals surface area contributed by atoms with Crippen molar-refractivity contribution >= 4 is 11.0 Å². The van der Waals surface area contributed by atoms with Crippen molar-refractivity contribution < 1.29 is 4.57 Å². The predicted octanol–water partition coefficient (Wildman–Crippen LogP) is 2.82. The molecule has 2 heteroatoms. The SMILES string of the molecule is Cc1n(Cc2ccccc2)c2ccccc2[n+]1C. The zero-order valence-corrected chi connectivity index (χ0v) is 10.8. The second-order valence-corrected chi connectivity index (χ2v) is 4.67. The number of hydrogen-bond donors (Lipinski definition) is 0. The minimum absolute atomic E-state index is 0.925. The number of aromatic nitrogens is 2. The molecule has 0 spiro atoms. The lowest BCUT2D eigenvalue weighted by molar-refractivity contribution is -0.652. The summed E-state index contributed by atoms with van der Waals surface area (Å²) in [6.45, 7) is 3.09. The predicted molar refractivity (Wildman–Crippen MR) is 73.4 cm³/mol. The number of imidazole rings is 1. The van der Waals surface area contributed by atoms with Gasteiger partial charge >= 0.3 is 0 Å². The van der Waals surface area contributed by atoms with Crippen LogP contribution in [0, 0.1) is 6.92 Å². The molecule has 0 saturated carbocycles. The molecular weight excluding hydrogens is 220 g/mol. The van der Waals surface area contributed by atoms with E-state index in [1.807, 2.05) is 0 Å². The lowest BCUT2D eigenvalue weighted by Gasteiger charge is -2.00. The highest BCUT2D eigenvalue weighted by molar-refractivity contribution is 5.72. The maximum Gasteiger partial charge on any atom is 0.254 e. The molecule has 0 bridgehead atoms. The summed E-state index contributed by atoms with van der Waals surface area (Å²) in [7, 11) is 2.12. The lowest BCUT2D eigenvalue weighted by Crippen LogP contribution is -2.30. The minimum atomic E-state index is 0.925. The summed E-state index contributed by atoms with van der Waals surface area (Å²) < 4.78 is 4.61. The molecule has 1 aromatic heterocycles. The third kappa shape index (κ3) is 1.70. The third-order valence-electron chi connectivity index (χ3n) is 3.59. The van der Waals surface area contributed by atoms with Gasteiger partial charge in [0.2, 0.25) is 0 Å². The summed E-state index contributed by atoms with van der Waals surface area (Å²) in [5.41, 5.74) is 3.91. The topological polar surface area (TPSA) is 8.81 Å². The lowest BCUT2D eigenvalue weighted by atomic mass is 10.2. The highest BCUT2D eigenvalue weighted by atomic mass is 15.1. The number of hydrogen-bond acceptors (Lipinski definition) is 0. The van der Waals surface area contributed by atoms with Gasteiger partial charge < -0.3 is 0 Å². The molecule has 0 aliphatic rings. The van der Waals surface area contributed by atoms with E-state index in [9.17, 15) is 0 Å². The first kappa shape index (κ1) is 11.0. The normalized spacial score (nSPS) is 11.0. The van der Waals surface area contributed by atoms with Crippen LogP contribution in [0.1, 0.15) is 11.4 Å². The van der Waals surface area contributed by atoms with E-state index in [0.717, 1.165) is 6.54 Å². The van der Waals surface area contributed by atoms with E-state index in [0.29, 0.717) is 0 Å². The monoisotopic (exact) mass is 237 g/mol. The molecule has 0 atom stereocenters. The van der Waals surface area contributed by atoms with Gasteiger partial charge in [-0.2, -0.15) is 0 Å². The molecule has 0 aliphatic heterocycles. The zero-order valence-electron chi connectivity index (χ0n) is 10.8. The summed E-state index contributed by atoms with van der Waals surface area (Å²) >= 11 is 0. The minimum Gasteiger partial charge on any atom is -0.230 e. The summed E-state index contributed by atoms with van der Waals surface area (Å²) in [5.74, 6) is 1.28. The van der Waals surface area contributed by atoms with Crippen LogP contribution in [0.15, 0.2) is 54.6 Å². The van der Waals surface area contributed by atoms with Crippen LogP contribution in [0.5, 0.6) is 0 Å². The van der Waals surface area contributed by atoms with Gasteiger partial charge in [0.15, 0.2) is 11.0 Å². The largest absolute Gasteiger partial charge is 0.254 e. The van der Waals surface area contributed by atoms with Crippen molar-refractivity contribution in [2.75, 3.05) is 0 Å². The van der Waals surface area contributed by atoms with E-state index in [1.54, 1.807) is 0 Å². The van der Waals surface area contributed by atoms with Gasteiger partial charge in [-0.3, -0.25) is 0 Å². The highest BCUT2D eigenvalue weighted by Gasteiger charge is 2.18. The van der Waals surface area contributed by atoms with E-state index in [1.165, 1.54) is 22.4 Å². The Hall–Kier alpha value is -2.09. The fourth-order valence-electron chi connectivity index (χ4n) is 2.47. The molecule has 0 aliphatic carbocycles. The van der Waals surface area contributed by atoms with Gasteiger partial charge in [0.25, 0.3) is 5.82 Å². The van der Waals surface area contributed by atoms with E-state index in [2.05, 4.69) is 77.7 Å². The second kappa shape index (κ2) is 4.30. The van der Waals surface area contributed by atoms with E-state index < -0.39 is 0 Å². The molecule has 90 valence electrons. The standard InChI is InChI=1S/C16H17N2/c1-13-17(2)15-10-6-7-11-16(15)18(13)12-14-8-4-3-5-9-14/h3-11H,12H2,1-2H3/q+1. The van der Waals surface area contributed by atoms with Gasteiger partial charge in [-0.15, -0.1) is 0 Å². The summed E-state index contributed by atoms with van der Waals surface area (Å²) in [6.07, 6.45) is 0. The number of fused-ring (bicyclic) bond motifs is 1. The first-order valence-corrected chi connectivity index (χ1v) is 6.25. The highest BCUT2D eigenvalue weighted by Crippen LogP contribution is 2.15. The summed E-state index contributed by atoms with van der Waals surface area (Å²) in [5, 5.41) is 0. The fraction of sp³-hybridized carbons (Fsp3) is 0.188. The van der Waals surface area contributed by atoms with Crippen molar-refractivity contribution in [1.82, 2.24) is 4.57 Å². The van der Waals surface area contributed by atoms with Crippen LogP contribution in [0.2, 0.25) is 0 Å². The molecule has 2 aromatic carbocycles. The van der Waals surface area contributed by atoms with E-state index >= 15 is 0 Å². The van der Waals surface area contributed by atoms with Crippen molar-refractivity contribution in [3.63, 3.8) is 0 Å². The molecule has 0 amide bonds. The molecule has 18 heavy (non-hydrogen) atoms. The van der Waals surface area contributed by atoms with Crippen LogP contribution in [-0.4, -0.2) is 4.57 Å². The molecule has 0 unspecified atom stereocenters. The van der Waals surface area contributed by atoms with Gasteiger partial charge in [-0.25, -0.2) is 9.13 Å². The van der Waals surface area contributed by atoms with Crippen LogP contribution >= 0.6 is 0 Å². The van der Waals surface area contributed by atoms with Gasteiger partial charge in [0.05, 0.1) is 7.05 Å². The fourth-order valence-corrected chi connectivity index (χ4v) is 2.47. The van der Waals surface area contributed by atoms with Gasteiger partial charge in [0, 0.05) is 6.92 Å². The van der Waals surface area contributed by atoms with Crippen molar-refractivity contribution in [3.8, 4) is 0 Å². The maximum atomic E-state index is 2.37. The molecule has 0 fully saturated rings. The first-order chi connectivity index (χ1) is 8.77. The third-order valence-corrected chi connectivity index (χ3v) is 3.59. The molecular formula is C16H17N2+. The van der Waals surface area contributed by atoms with Crippen molar-refractivity contribution in [1.29, 1.82) is 0 Å². The van der Waals surface area contributed by atoms with Gasteiger partial charge in [-0.05, 0) is 17.7 Å². The van der Waals surface area contributed by atoms with Crippen LogP contribution in [0.4, 0.5) is 0 Å². The van der Waals surface area contributed by atoms with Crippen LogP contribution in [0.3, 0.4) is 0 Å². The van der Waals surface area contributed by atoms with E-state index in [4.69, 9.17) is 0 Å². The Morgan fingerprint density at radius 1 is 0.944 bits per heavy atom. The van der Waals surface area contributed by atoms with Crippen LogP contribution < -0.4 is 4.57 Å². The zero-order chi connectivity index (χ0) is 12.5. The smallest absolute Gasteiger partial charge is 0.230 e. The second-order valence-electron chi connectivity index (χ2n) is 4.67. The average molecular weight is 237 g/mol. The Morgan fingerprint density at radius 3 is 2.39 bits per heavy atom. The quantitative estimate of drug-likeness (QED) is 0.606. The number of aryl methyl sites for hydroxylation is 1. The van der Waals surface area contributed by atoms with Crippen LogP contribution in [-0.2, 0) is 13.6 Å². The molecule has 2 nitrogen and oxygen atoms in total. The molecule has 3 aromatic rings. The molecule has 0 N–H and O–H groups in total. The number of rotatable bonds is 2. The molecule has 0 radical (unpaired) electrons. The number of benzene rings is 2. The Kier molecular flexibility index (Phi) is 2.63. The van der Waals surface area contributed by atoms with Crippen LogP contribution in [0.25, 0.3) is 11.0 Å². The Morgan fingerprint density at radius 2 is 1.61 bits per heavy atom. The van der Waals surface area contributed by atoms with Crippen molar-refractivity contribution in [3.05, 3.63) is 66.0 Å². The average Bonchev–Trinajstić information content (AvgIpc) is 2.66. The maximum absolute atomic E-state index is 2.37. The summed E-state index contributed by atoms with van der Waals surface area (Å²) in [6, 6.07) is 19.1. The van der Waals surface area contributed by atoms with Gasteiger partial charge in [0.1, 0.15) is 6.54 Å². The number of para-hydroxylation sites is 2. The van der Waals surface area contributed by atoms with Gasteiger partial charge in [-0.1, -0.05) is 42.5 Å². The van der Waals surface area contributed by atoms with E-state index in [-0.39, 0.29) is 0 Å². The number of nitrogens with zero attached hydrogens (tertiary/aromatic N) is 2. The molecule has 3 rings (SSSR count).